The number of benzene rings is 1. The minimum Gasteiger partial charge on any atom is -0.481 e. The molecule has 1 aromatic rings. The zero-order valence-electron chi connectivity index (χ0n) is 8.73. The topological polar surface area (TPSA) is 49.3 Å². The van der Waals surface area contributed by atoms with E-state index in [1.54, 1.807) is 0 Å². The van der Waals surface area contributed by atoms with Gasteiger partial charge in [0, 0.05) is 6.04 Å². The van der Waals surface area contributed by atoms with Crippen LogP contribution < -0.4 is 5.32 Å². The molecule has 3 heteroatoms. The minimum absolute atomic E-state index is 0.0249. The van der Waals surface area contributed by atoms with Crippen LogP contribution in [-0.4, -0.2) is 17.6 Å². The van der Waals surface area contributed by atoms with Crippen molar-refractivity contribution in [3.8, 4) is 0 Å². The molecule has 2 rings (SSSR count). The highest BCUT2D eigenvalue weighted by Gasteiger charge is 2.33. The van der Waals surface area contributed by atoms with Crippen LogP contribution in [0.25, 0.3) is 0 Å². The second-order valence-electron chi connectivity index (χ2n) is 4.08. The summed E-state index contributed by atoms with van der Waals surface area (Å²) in [5.74, 6) is -0.988. The Labute approximate surface area is 89.1 Å². The molecule has 80 valence electrons. The second-order valence-corrected chi connectivity index (χ2v) is 4.08. The molecular formula is C12H15NO2. The first-order valence-electron chi connectivity index (χ1n) is 5.21. The standard InChI is InChI=1S/C12H15NO2/c1-8-2-4-9(5-3-8)11-10(12(14)15)6-7-13-11/h2-5,10-11,13H,6-7H2,1H3,(H,14,15). The average molecular weight is 205 g/mol. The maximum atomic E-state index is 11.0. The van der Waals surface area contributed by atoms with Gasteiger partial charge in [0.05, 0.1) is 5.92 Å². The smallest absolute Gasteiger partial charge is 0.308 e. The molecule has 1 aromatic carbocycles. The average Bonchev–Trinajstić information content (AvgIpc) is 2.67. The molecule has 15 heavy (non-hydrogen) atoms. The molecule has 2 atom stereocenters. The number of aliphatic carboxylic acids is 1. The van der Waals surface area contributed by atoms with E-state index in [-0.39, 0.29) is 12.0 Å². The molecule has 2 N–H and O–H groups in total. The molecule has 0 amide bonds. The molecule has 1 heterocycles. The Hall–Kier alpha value is -1.35. The first-order valence-corrected chi connectivity index (χ1v) is 5.21. The van der Waals surface area contributed by atoms with E-state index >= 15 is 0 Å². The van der Waals surface area contributed by atoms with Gasteiger partial charge in [-0.1, -0.05) is 29.8 Å². The van der Waals surface area contributed by atoms with Gasteiger partial charge in [0.15, 0.2) is 0 Å². The molecule has 3 nitrogen and oxygen atoms in total. The van der Waals surface area contributed by atoms with Gasteiger partial charge < -0.3 is 10.4 Å². The highest BCUT2D eigenvalue weighted by atomic mass is 16.4. The van der Waals surface area contributed by atoms with Gasteiger partial charge >= 0.3 is 5.97 Å². The van der Waals surface area contributed by atoms with Crippen molar-refractivity contribution in [1.29, 1.82) is 0 Å². The van der Waals surface area contributed by atoms with E-state index in [0.29, 0.717) is 6.42 Å². The van der Waals surface area contributed by atoms with E-state index in [4.69, 9.17) is 5.11 Å². The molecule has 0 radical (unpaired) electrons. The van der Waals surface area contributed by atoms with E-state index < -0.39 is 5.97 Å². The summed E-state index contributed by atoms with van der Waals surface area (Å²) in [6.07, 6.45) is 0.716. The first kappa shape index (κ1) is 10.2. The lowest BCUT2D eigenvalue weighted by Gasteiger charge is -2.16. The summed E-state index contributed by atoms with van der Waals surface area (Å²) < 4.78 is 0. The van der Waals surface area contributed by atoms with Crippen LogP contribution in [0.3, 0.4) is 0 Å². The summed E-state index contributed by atoms with van der Waals surface area (Å²) in [4.78, 5) is 11.0. The molecule has 0 aromatic heterocycles. The third-order valence-corrected chi connectivity index (χ3v) is 2.98. The molecule has 1 saturated heterocycles. The highest BCUT2D eigenvalue weighted by molar-refractivity contribution is 5.71. The predicted octanol–water partition coefficient (Wildman–Crippen LogP) is 1.73. The molecular weight excluding hydrogens is 190 g/mol. The van der Waals surface area contributed by atoms with Crippen molar-refractivity contribution in [2.24, 2.45) is 5.92 Å². The fourth-order valence-electron chi connectivity index (χ4n) is 2.09. The van der Waals surface area contributed by atoms with Crippen LogP contribution in [0.5, 0.6) is 0 Å². The number of carboxylic acid groups (broad SMARTS) is 1. The third kappa shape index (κ3) is 2.02. The number of carboxylic acids is 1. The predicted molar refractivity (Wildman–Crippen MR) is 57.7 cm³/mol. The van der Waals surface area contributed by atoms with Crippen LogP contribution in [0, 0.1) is 12.8 Å². The van der Waals surface area contributed by atoms with Crippen molar-refractivity contribution in [2.45, 2.75) is 19.4 Å². The summed E-state index contributed by atoms with van der Waals surface area (Å²) in [6, 6.07) is 8.04. The molecule has 2 unspecified atom stereocenters. The fraction of sp³-hybridized carbons (Fsp3) is 0.417. The van der Waals surface area contributed by atoms with E-state index in [9.17, 15) is 4.79 Å². The molecule has 0 spiro atoms. The Morgan fingerprint density at radius 2 is 2.07 bits per heavy atom. The van der Waals surface area contributed by atoms with Gasteiger partial charge in [0.2, 0.25) is 0 Å². The Balaban J connectivity index is 2.22. The van der Waals surface area contributed by atoms with Crippen molar-refractivity contribution in [1.82, 2.24) is 5.32 Å². The fourth-order valence-corrected chi connectivity index (χ4v) is 2.09. The maximum absolute atomic E-state index is 11.0. The van der Waals surface area contributed by atoms with Crippen LogP contribution in [0.1, 0.15) is 23.6 Å². The van der Waals surface area contributed by atoms with Gasteiger partial charge in [0.25, 0.3) is 0 Å². The Kier molecular flexibility index (Phi) is 2.73. The van der Waals surface area contributed by atoms with Gasteiger partial charge in [-0.05, 0) is 25.5 Å². The van der Waals surface area contributed by atoms with Crippen molar-refractivity contribution in [3.05, 3.63) is 35.4 Å². The largest absolute Gasteiger partial charge is 0.481 e. The van der Waals surface area contributed by atoms with Crippen molar-refractivity contribution in [3.63, 3.8) is 0 Å². The second kappa shape index (κ2) is 4.03. The zero-order chi connectivity index (χ0) is 10.8. The molecule has 1 aliphatic rings. The molecule has 0 aliphatic carbocycles. The lowest BCUT2D eigenvalue weighted by Crippen LogP contribution is -2.23. The van der Waals surface area contributed by atoms with Gasteiger partial charge in [0.1, 0.15) is 0 Å². The highest BCUT2D eigenvalue weighted by Crippen LogP contribution is 2.29. The molecule has 0 saturated carbocycles. The SMILES string of the molecule is Cc1ccc(C2NCCC2C(=O)O)cc1. The molecule has 1 aliphatic heterocycles. The number of hydrogen-bond acceptors (Lipinski definition) is 2. The van der Waals surface area contributed by atoms with Gasteiger partial charge in [-0.3, -0.25) is 4.79 Å². The number of hydrogen-bond donors (Lipinski definition) is 2. The van der Waals surface area contributed by atoms with Crippen LogP contribution in [-0.2, 0) is 4.79 Å². The van der Waals surface area contributed by atoms with Crippen LogP contribution in [0.2, 0.25) is 0 Å². The number of nitrogens with one attached hydrogen (secondary N) is 1. The van der Waals surface area contributed by atoms with E-state index in [1.807, 2.05) is 31.2 Å². The zero-order valence-corrected chi connectivity index (χ0v) is 8.73. The van der Waals surface area contributed by atoms with Crippen LogP contribution >= 0.6 is 0 Å². The van der Waals surface area contributed by atoms with Crippen molar-refractivity contribution < 1.29 is 9.90 Å². The molecule has 1 fully saturated rings. The number of aryl methyl sites for hydroxylation is 1. The van der Waals surface area contributed by atoms with Crippen molar-refractivity contribution in [2.75, 3.05) is 6.54 Å². The summed E-state index contributed by atoms with van der Waals surface area (Å²) >= 11 is 0. The van der Waals surface area contributed by atoms with E-state index in [1.165, 1.54) is 5.56 Å². The summed E-state index contributed by atoms with van der Waals surface area (Å²) in [6.45, 7) is 2.82. The maximum Gasteiger partial charge on any atom is 0.308 e. The minimum atomic E-state index is -0.703. The Morgan fingerprint density at radius 1 is 1.40 bits per heavy atom. The number of rotatable bonds is 2. The normalized spacial score (nSPS) is 25.4. The van der Waals surface area contributed by atoms with Crippen molar-refractivity contribution >= 4 is 5.97 Å². The van der Waals surface area contributed by atoms with Gasteiger partial charge in [-0.25, -0.2) is 0 Å². The van der Waals surface area contributed by atoms with Crippen LogP contribution in [0.15, 0.2) is 24.3 Å². The van der Waals surface area contributed by atoms with Crippen LogP contribution in [0.4, 0.5) is 0 Å². The third-order valence-electron chi connectivity index (χ3n) is 2.98. The summed E-state index contributed by atoms with van der Waals surface area (Å²) in [5.41, 5.74) is 2.27. The Bertz CT molecular complexity index is 358. The monoisotopic (exact) mass is 205 g/mol. The van der Waals surface area contributed by atoms with E-state index in [0.717, 1.165) is 12.1 Å². The summed E-state index contributed by atoms with van der Waals surface area (Å²) in [5, 5.41) is 12.3. The Morgan fingerprint density at radius 3 is 2.67 bits per heavy atom. The lowest BCUT2D eigenvalue weighted by molar-refractivity contribution is -0.142. The van der Waals surface area contributed by atoms with E-state index in [2.05, 4.69) is 5.32 Å². The lowest BCUT2D eigenvalue weighted by atomic mass is 9.94. The summed E-state index contributed by atoms with van der Waals surface area (Å²) in [7, 11) is 0. The van der Waals surface area contributed by atoms with Gasteiger partial charge in [-0.2, -0.15) is 0 Å². The quantitative estimate of drug-likeness (QED) is 0.773. The first-order chi connectivity index (χ1) is 7.18. The molecule has 0 bridgehead atoms. The number of carbonyl (C=O) groups is 1. The van der Waals surface area contributed by atoms with Gasteiger partial charge in [-0.15, -0.1) is 0 Å².